The monoisotopic (exact) mass is 500 g/mol. The molecular formula is C30H36N4O3. The molecule has 2 amide bonds. The van der Waals surface area contributed by atoms with Crippen LogP contribution in [0.2, 0.25) is 0 Å². The lowest BCUT2D eigenvalue weighted by Gasteiger charge is -2.41. The molecule has 2 aromatic carbocycles. The van der Waals surface area contributed by atoms with Gasteiger partial charge in [-0.15, -0.1) is 0 Å². The topological polar surface area (TPSA) is 84.4 Å². The summed E-state index contributed by atoms with van der Waals surface area (Å²) in [6.07, 6.45) is 5.08. The van der Waals surface area contributed by atoms with Crippen LogP contribution in [-0.4, -0.2) is 52.4 Å². The van der Waals surface area contributed by atoms with Crippen molar-refractivity contribution in [2.24, 2.45) is 5.41 Å². The molecule has 1 atom stereocenters. The van der Waals surface area contributed by atoms with Crippen LogP contribution in [0.1, 0.15) is 66.3 Å². The van der Waals surface area contributed by atoms with Crippen LogP contribution in [0.25, 0.3) is 11.0 Å². The molecule has 3 aromatic rings. The zero-order chi connectivity index (χ0) is 26.0. The van der Waals surface area contributed by atoms with Crippen molar-refractivity contribution >= 4 is 22.8 Å². The Morgan fingerprint density at radius 2 is 1.73 bits per heavy atom. The number of nitrogens with one attached hydrogen (secondary N) is 1. The van der Waals surface area contributed by atoms with E-state index in [2.05, 4.69) is 27.4 Å². The van der Waals surface area contributed by atoms with Gasteiger partial charge < -0.3 is 15.0 Å². The van der Waals surface area contributed by atoms with E-state index < -0.39 is 5.41 Å². The van der Waals surface area contributed by atoms with Crippen LogP contribution < -0.4 is 10.1 Å². The third-order valence-corrected chi connectivity index (χ3v) is 8.00. The first-order valence-electron chi connectivity index (χ1n) is 13.4. The van der Waals surface area contributed by atoms with Gasteiger partial charge in [0.15, 0.2) is 0 Å². The molecule has 1 fully saturated rings. The fraction of sp³-hybridized carbons (Fsp3) is 0.467. The number of hydrogen-bond donors (Lipinski definition) is 1. The highest BCUT2D eigenvalue weighted by Crippen LogP contribution is 2.38. The normalized spacial score (nSPS) is 20.4. The SMILES string of the molecule is Cc1nc2ccc(C(=O)N3CCC4(CCCCc5ccccc5OC[C@@H](C)NC4=O)CC3)cc2nc1C. The summed E-state index contributed by atoms with van der Waals surface area (Å²) in [5.74, 6) is 0.996. The van der Waals surface area contributed by atoms with Crippen molar-refractivity contribution in [1.29, 1.82) is 0 Å². The van der Waals surface area contributed by atoms with Gasteiger partial charge in [-0.05, 0) is 82.7 Å². The molecule has 0 bridgehead atoms. The number of aryl methyl sites for hydroxylation is 3. The molecule has 37 heavy (non-hydrogen) atoms. The predicted octanol–water partition coefficient (Wildman–Crippen LogP) is 4.78. The summed E-state index contributed by atoms with van der Waals surface area (Å²) in [6.45, 7) is 7.43. The Labute approximate surface area is 218 Å². The Morgan fingerprint density at radius 3 is 2.51 bits per heavy atom. The van der Waals surface area contributed by atoms with Crippen LogP contribution in [0.3, 0.4) is 0 Å². The van der Waals surface area contributed by atoms with E-state index in [9.17, 15) is 9.59 Å². The molecule has 0 radical (unpaired) electrons. The molecule has 0 saturated carbocycles. The number of rotatable bonds is 1. The highest BCUT2D eigenvalue weighted by molar-refractivity contribution is 5.97. The average molecular weight is 501 g/mol. The van der Waals surface area contributed by atoms with Crippen LogP contribution in [0.5, 0.6) is 5.75 Å². The molecule has 2 aliphatic rings. The number of amides is 2. The number of carbonyl (C=O) groups excluding carboxylic acids is 2. The van der Waals surface area contributed by atoms with Gasteiger partial charge in [0, 0.05) is 18.7 Å². The number of aromatic nitrogens is 2. The first-order chi connectivity index (χ1) is 17.8. The number of fused-ring (bicyclic) bond motifs is 2. The number of piperidine rings is 1. The van der Waals surface area contributed by atoms with Gasteiger partial charge in [0.1, 0.15) is 12.4 Å². The Morgan fingerprint density at radius 1 is 1.00 bits per heavy atom. The van der Waals surface area contributed by atoms with E-state index >= 15 is 0 Å². The van der Waals surface area contributed by atoms with Crippen LogP contribution in [0, 0.1) is 19.3 Å². The molecule has 1 aromatic heterocycles. The van der Waals surface area contributed by atoms with Gasteiger partial charge in [-0.1, -0.05) is 24.6 Å². The van der Waals surface area contributed by atoms with Crippen molar-refractivity contribution in [2.45, 2.75) is 65.3 Å². The lowest BCUT2D eigenvalue weighted by molar-refractivity contribution is -0.135. The number of hydrogen-bond acceptors (Lipinski definition) is 5. The van der Waals surface area contributed by atoms with Gasteiger partial charge >= 0.3 is 0 Å². The Hall–Kier alpha value is -3.48. The van der Waals surface area contributed by atoms with E-state index in [1.807, 2.05) is 56.0 Å². The van der Waals surface area contributed by atoms with Gasteiger partial charge in [-0.25, -0.2) is 9.97 Å². The van der Waals surface area contributed by atoms with E-state index in [-0.39, 0.29) is 17.9 Å². The molecule has 5 rings (SSSR count). The molecule has 2 aliphatic heterocycles. The highest BCUT2D eigenvalue weighted by Gasteiger charge is 2.42. The number of ether oxygens (including phenoxy) is 1. The van der Waals surface area contributed by atoms with Crippen molar-refractivity contribution < 1.29 is 14.3 Å². The molecule has 1 N–H and O–H groups in total. The molecule has 7 heteroatoms. The second kappa shape index (κ2) is 10.5. The highest BCUT2D eigenvalue weighted by atomic mass is 16.5. The second-order valence-electron chi connectivity index (χ2n) is 10.7. The molecular weight excluding hydrogens is 464 g/mol. The molecule has 1 saturated heterocycles. The zero-order valence-electron chi connectivity index (χ0n) is 22.0. The lowest BCUT2D eigenvalue weighted by atomic mass is 9.73. The maximum atomic E-state index is 13.5. The quantitative estimate of drug-likeness (QED) is 0.520. The fourth-order valence-corrected chi connectivity index (χ4v) is 5.54. The minimum atomic E-state index is -0.451. The van der Waals surface area contributed by atoms with Gasteiger partial charge in [0.05, 0.1) is 33.9 Å². The largest absolute Gasteiger partial charge is 0.491 e. The van der Waals surface area contributed by atoms with E-state index in [1.165, 1.54) is 5.56 Å². The summed E-state index contributed by atoms with van der Waals surface area (Å²) in [6, 6.07) is 13.6. The standard InChI is InChI=1S/C30H36N4O3/c1-20-19-37-27-10-5-4-8-23(27)9-6-7-13-30(29(36)31-20)14-16-34(17-15-30)28(35)24-11-12-25-26(18-24)33-22(3)21(2)32-25/h4-5,8,10-12,18,20H,6-7,9,13-17,19H2,1-3H3,(H,31,36)/t20-/m1/s1. The van der Waals surface area contributed by atoms with E-state index in [4.69, 9.17) is 4.74 Å². The van der Waals surface area contributed by atoms with E-state index in [0.717, 1.165) is 53.9 Å². The van der Waals surface area contributed by atoms with Crippen LogP contribution >= 0.6 is 0 Å². The van der Waals surface area contributed by atoms with Crippen LogP contribution in [-0.2, 0) is 11.2 Å². The first kappa shape index (κ1) is 25.2. The number of benzene rings is 2. The second-order valence-corrected chi connectivity index (χ2v) is 10.7. The van der Waals surface area contributed by atoms with Gasteiger partial charge in [-0.2, -0.15) is 0 Å². The minimum absolute atomic E-state index is 0.0104. The summed E-state index contributed by atoms with van der Waals surface area (Å²) in [5, 5.41) is 3.21. The molecule has 7 nitrogen and oxygen atoms in total. The maximum Gasteiger partial charge on any atom is 0.253 e. The van der Waals surface area contributed by atoms with Crippen molar-refractivity contribution in [2.75, 3.05) is 19.7 Å². The molecule has 1 spiro atoms. The minimum Gasteiger partial charge on any atom is -0.491 e. The van der Waals surface area contributed by atoms with E-state index in [1.54, 1.807) is 0 Å². The molecule has 194 valence electrons. The van der Waals surface area contributed by atoms with Crippen molar-refractivity contribution in [3.05, 3.63) is 65.0 Å². The summed E-state index contributed by atoms with van der Waals surface area (Å²) in [4.78, 5) is 38.0. The van der Waals surface area contributed by atoms with Crippen LogP contribution in [0.4, 0.5) is 0 Å². The number of likely N-dealkylation sites (tertiary alicyclic amines) is 1. The Kier molecular flexibility index (Phi) is 7.13. The van der Waals surface area contributed by atoms with Gasteiger partial charge in [0.2, 0.25) is 5.91 Å². The lowest BCUT2D eigenvalue weighted by Crippen LogP contribution is -2.52. The maximum absolute atomic E-state index is 13.5. The number of para-hydroxylation sites is 1. The predicted molar refractivity (Wildman–Crippen MR) is 144 cm³/mol. The Bertz CT molecular complexity index is 1310. The van der Waals surface area contributed by atoms with Crippen molar-refractivity contribution in [1.82, 2.24) is 20.2 Å². The Balaban J connectivity index is 1.29. The molecule has 0 unspecified atom stereocenters. The molecule has 3 heterocycles. The summed E-state index contributed by atoms with van der Waals surface area (Å²) < 4.78 is 6.06. The third kappa shape index (κ3) is 5.31. The zero-order valence-corrected chi connectivity index (χ0v) is 22.0. The first-order valence-corrected chi connectivity index (χ1v) is 13.4. The molecule has 0 aliphatic carbocycles. The van der Waals surface area contributed by atoms with E-state index in [0.29, 0.717) is 38.1 Å². The van der Waals surface area contributed by atoms with Crippen LogP contribution in [0.15, 0.2) is 42.5 Å². The van der Waals surface area contributed by atoms with Gasteiger partial charge in [-0.3, -0.25) is 9.59 Å². The van der Waals surface area contributed by atoms with Crippen molar-refractivity contribution in [3.63, 3.8) is 0 Å². The average Bonchev–Trinajstić information content (AvgIpc) is 2.90. The summed E-state index contributed by atoms with van der Waals surface area (Å²) in [5.41, 5.74) is 4.69. The summed E-state index contributed by atoms with van der Waals surface area (Å²) in [7, 11) is 0. The van der Waals surface area contributed by atoms with Crippen molar-refractivity contribution in [3.8, 4) is 5.75 Å². The van der Waals surface area contributed by atoms with Gasteiger partial charge in [0.25, 0.3) is 5.91 Å². The third-order valence-electron chi connectivity index (χ3n) is 8.00. The number of carbonyl (C=O) groups is 2. The smallest absolute Gasteiger partial charge is 0.253 e. The number of nitrogens with zero attached hydrogens (tertiary/aromatic N) is 3. The summed E-state index contributed by atoms with van der Waals surface area (Å²) >= 11 is 0. The fourth-order valence-electron chi connectivity index (χ4n) is 5.54.